The summed E-state index contributed by atoms with van der Waals surface area (Å²) in [6, 6.07) is 6.27. The molecule has 1 aromatic heterocycles. The third-order valence-electron chi connectivity index (χ3n) is 7.00. The first kappa shape index (κ1) is 26.8. The van der Waals surface area contributed by atoms with Gasteiger partial charge in [-0.05, 0) is 40.5 Å². The van der Waals surface area contributed by atoms with E-state index in [0.29, 0.717) is 11.1 Å². The first-order valence-electron chi connectivity index (χ1n) is 12.2. The molecular formula is C26H35NO8S. The number of benzene rings is 1. The van der Waals surface area contributed by atoms with Gasteiger partial charge in [0.25, 0.3) is 5.56 Å². The van der Waals surface area contributed by atoms with Gasteiger partial charge in [0, 0.05) is 12.3 Å². The molecule has 2 aliphatic rings. The summed E-state index contributed by atoms with van der Waals surface area (Å²) in [5, 5.41) is 20.1. The van der Waals surface area contributed by atoms with Crippen LogP contribution >= 0.6 is 0 Å². The molecule has 0 amide bonds. The molecule has 2 aromatic rings. The molecule has 198 valence electrons. The molecule has 9 nitrogen and oxygen atoms in total. The maximum absolute atomic E-state index is 13.6. The topological polar surface area (TPSA) is 124 Å². The van der Waals surface area contributed by atoms with Crippen molar-refractivity contribution >= 4 is 10.1 Å². The van der Waals surface area contributed by atoms with Crippen molar-refractivity contribution in [3.8, 4) is 5.75 Å². The quantitative estimate of drug-likeness (QED) is 0.508. The molecule has 1 aromatic carbocycles. The first-order chi connectivity index (χ1) is 16.8. The van der Waals surface area contributed by atoms with Gasteiger partial charge in [0.2, 0.25) is 0 Å². The first-order valence-corrected chi connectivity index (χ1v) is 13.6. The summed E-state index contributed by atoms with van der Waals surface area (Å²) in [7, 11) is -4.26. The number of ether oxygens (including phenoxy) is 2. The highest BCUT2D eigenvalue weighted by atomic mass is 32.2. The van der Waals surface area contributed by atoms with Crippen molar-refractivity contribution in [2.24, 2.45) is 0 Å². The minimum Gasteiger partial charge on any atom is -0.393 e. The van der Waals surface area contributed by atoms with Gasteiger partial charge in [0.1, 0.15) is 28.5 Å². The van der Waals surface area contributed by atoms with E-state index in [1.165, 1.54) is 16.8 Å². The molecule has 0 aliphatic carbocycles. The summed E-state index contributed by atoms with van der Waals surface area (Å²) < 4.78 is 45.1. The zero-order chi connectivity index (χ0) is 26.6. The normalized spacial score (nSPS) is 25.9. The maximum atomic E-state index is 13.6. The number of aliphatic hydroxyl groups is 2. The largest absolute Gasteiger partial charge is 0.393 e. The van der Waals surface area contributed by atoms with Gasteiger partial charge in [-0.15, -0.1) is 0 Å². The zero-order valence-corrected chi connectivity index (χ0v) is 22.3. The Kier molecular flexibility index (Phi) is 7.13. The van der Waals surface area contributed by atoms with E-state index in [9.17, 15) is 23.4 Å². The predicted octanol–water partition coefficient (Wildman–Crippen LogP) is 3.01. The molecule has 2 bridgehead atoms. The highest BCUT2D eigenvalue weighted by Gasteiger charge is 2.61. The van der Waals surface area contributed by atoms with E-state index in [2.05, 4.69) is 13.8 Å². The fourth-order valence-electron chi connectivity index (χ4n) is 4.83. The number of aliphatic hydroxyl groups excluding tert-OH is 2. The Morgan fingerprint density at radius 2 is 1.69 bits per heavy atom. The smallest absolute Gasteiger partial charge is 0.339 e. The van der Waals surface area contributed by atoms with Gasteiger partial charge >= 0.3 is 10.1 Å². The molecule has 0 unspecified atom stereocenters. The van der Waals surface area contributed by atoms with E-state index in [0.717, 1.165) is 11.6 Å². The van der Waals surface area contributed by atoms with Crippen LogP contribution in [-0.2, 0) is 19.6 Å². The molecule has 2 saturated heterocycles. The van der Waals surface area contributed by atoms with Crippen LogP contribution in [0.25, 0.3) is 0 Å². The Labute approximate surface area is 211 Å². The number of nitrogens with zero attached hydrogens (tertiary/aromatic N) is 1. The van der Waals surface area contributed by atoms with Crippen LogP contribution in [0.4, 0.5) is 0 Å². The maximum Gasteiger partial charge on any atom is 0.339 e. The molecule has 3 heterocycles. The Morgan fingerprint density at radius 1 is 1.08 bits per heavy atom. The monoisotopic (exact) mass is 521 g/mol. The van der Waals surface area contributed by atoms with Crippen molar-refractivity contribution in [2.75, 3.05) is 13.2 Å². The predicted molar refractivity (Wildman–Crippen MR) is 133 cm³/mol. The second kappa shape index (κ2) is 9.57. The van der Waals surface area contributed by atoms with Crippen molar-refractivity contribution in [3.05, 3.63) is 57.5 Å². The lowest BCUT2D eigenvalue weighted by Gasteiger charge is -2.29. The van der Waals surface area contributed by atoms with E-state index in [-0.39, 0.29) is 35.0 Å². The third kappa shape index (κ3) is 4.50. The standard InChI is InChI=1S/C26H35NO8S/c1-14(2)17-9-19(15(3)4)23(20(10-17)16(5)6)36(31,32)35-18-7-8-27(21(29)11-18)25-22-24(30)26(12-28,34-25)13-33-22/h7-11,14-16,22,24-25,28,30H,12-13H2,1-6H3/t22-,24+,25-,26+/m1/s1. The number of hydrogen-bond donors (Lipinski definition) is 2. The van der Waals surface area contributed by atoms with Crippen molar-refractivity contribution < 1.29 is 32.3 Å². The molecule has 2 fully saturated rings. The van der Waals surface area contributed by atoms with Gasteiger partial charge in [-0.25, -0.2) is 0 Å². The fourth-order valence-corrected chi connectivity index (χ4v) is 6.44. The lowest BCUT2D eigenvalue weighted by Crippen LogP contribution is -2.44. The minimum absolute atomic E-state index is 0.0198. The van der Waals surface area contributed by atoms with Gasteiger partial charge in [-0.1, -0.05) is 53.7 Å². The van der Waals surface area contributed by atoms with Crippen LogP contribution in [-0.4, -0.2) is 54.2 Å². The van der Waals surface area contributed by atoms with Gasteiger partial charge in [-0.2, -0.15) is 8.42 Å². The van der Waals surface area contributed by atoms with E-state index >= 15 is 0 Å². The van der Waals surface area contributed by atoms with Crippen molar-refractivity contribution in [2.45, 2.75) is 88.2 Å². The van der Waals surface area contributed by atoms with Crippen LogP contribution < -0.4 is 9.74 Å². The zero-order valence-electron chi connectivity index (χ0n) is 21.5. The second-order valence-corrected chi connectivity index (χ2v) is 12.1. The fraction of sp³-hybridized carbons (Fsp3) is 0.577. The van der Waals surface area contributed by atoms with Crippen LogP contribution in [0, 0.1) is 0 Å². The summed E-state index contributed by atoms with van der Waals surface area (Å²) in [6.45, 7) is 11.4. The number of fused-ring (bicyclic) bond motifs is 2. The molecule has 0 saturated carbocycles. The number of rotatable bonds is 8. The molecule has 10 heteroatoms. The number of pyridine rings is 1. The van der Waals surface area contributed by atoms with Crippen LogP contribution in [0.3, 0.4) is 0 Å². The summed E-state index contributed by atoms with van der Waals surface area (Å²) in [5.41, 5.74) is 0.533. The molecule has 2 N–H and O–H groups in total. The van der Waals surface area contributed by atoms with E-state index in [4.69, 9.17) is 13.7 Å². The molecule has 2 aliphatic heterocycles. The lowest BCUT2D eigenvalue weighted by molar-refractivity contribution is -0.187. The Balaban J connectivity index is 1.69. The summed E-state index contributed by atoms with van der Waals surface area (Å²) >= 11 is 0. The van der Waals surface area contributed by atoms with Crippen LogP contribution in [0.2, 0.25) is 0 Å². The van der Waals surface area contributed by atoms with Gasteiger partial charge in [0.15, 0.2) is 6.23 Å². The van der Waals surface area contributed by atoms with Gasteiger partial charge < -0.3 is 23.9 Å². The minimum atomic E-state index is -4.26. The lowest BCUT2D eigenvalue weighted by atomic mass is 9.89. The average Bonchev–Trinajstić information content (AvgIpc) is 3.27. The summed E-state index contributed by atoms with van der Waals surface area (Å²) in [6.07, 6.45) is -1.53. The molecule has 0 spiro atoms. The van der Waals surface area contributed by atoms with Crippen LogP contribution in [0.1, 0.15) is 82.2 Å². The third-order valence-corrected chi connectivity index (χ3v) is 8.39. The molecular weight excluding hydrogens is 486 g/mol. The molecule has 0 radical (unpaired) electrons. The highest BCUT2D eigenvalue weighted by molar-refractivity contribution is 7.87. The number of aromatic nitrogens is 1. The van der Waals surface area contributed by atoms with Crippen LogP contribution in [0.5, 0.6) is 5.75 Å². The Hall–Kier alpha value is -2.24. The molecule has 36 heavy (non-hydrogen) atoms. The van der Waals surface area contributed by atoms with E-state index < -0.39 is 46.3 Å². The van der Waals surface area contributed by atoms with Crippen molar-refractivity contribution in [1.82, 2.24) is 4.57 Å². The van der Waals surface area contributed by atoms with E-state index in [1.54, 1.807) is 0 Å². The molecule has 4 atom stereocenters. The molecule has 4 rings (SSSR count). The summed E-state index contributed by atoms with van der Waals surface area (Å²) in [5.74, 6) is -0.0357. The van der Waals surface area contributed by atoms with E-state index in [1.807, 2.05) is 39.8 Å². The summed E-state index contributed by atoms with van der Waals surface area (Å²) in [4.78, 5) is 13.0. The van der Waals surface area contributed by atoms with Crippen molar-refractivity contribution in [3.63, 3.8) is 0 Å². The number of hydrogen-bond acceptors (Lipinski definition) is 8. The van der Waals surface area contributed by atoms with Crippen molar-refractivity contribution in [1.29, 1.82) is 0 Å². The highest BCUT2D eigenvalue weighted by Crippen LogP contribution is 2.44. The second-order valence-electron chi connectivity index (χ2n) is 10.6. The van der Waals surface area contributed by atoms with Gasteiger partial charge in [-0.3, -0.25) is 9.36 Å². The van der Waals surface area contributed by atoms with Gasteiger partial charge in [0.05, 0.1) is 13.2 Å². The SMILES string of the molecule is CC(C)c1cc(C(C)C)c(S(=O)(=O)Oc2ccn([C@@H]3O[C@@]4(CO)CO[C@@H]3[C@@H]4O)c(=O)c2)c(C(C)C)c1. The Morgan fingerprint density at radius 3 is 2.17 bits per heavy atom. The average molecular weight is 522 g/mol. The Bertz CT molecular complexity index is 1270. The van der Waals surface area contributed by atoms with Crippen LogP contribution in [0.15, 0.2) is 40.2 Å².